The lowest BCUT2D eigenvalue weighted by Crippen LogP contribution is -2.44. The fraction of sp³-hybridized carbons (Fsp3) is 1.00. The van der Waals surface area contributed by atoms with Gasteiger partial charge in [0.2, 0.25) is 0 Å². The van der Waals surface area contributed by atoms with Gasteiger partial charge in [-0.15, -0.1) is 0 Å². The third-order valence-electron chi connectivity index (χ3n) is 2.83. The molecule has 1 saturated heterocycles. The van der Waals surface area contributed by atoms with Crippen molar-refractivity contribution >= 4 is 0 Å². The smallest absolute Gasteiger partial charge is 0.0462 e. The molecule has 3 heteroatoms. The molecular formula is C11H24N2O. The summed E-state index contributed by atoms with van der Waals surface area (Å²) in [6.45, 7) is 4.51. The first-order valence-corrected chi connectivity index (χ1v) is 5.74. The highest BCUT2D eigenvalue weighted by molar-refractivity contribution is 4.75. The van der Waals surface area contributed by atoms with Crippen molar-refractivity contribution in [2.75, 3.05) is 40.4 Å². The second-order valence-electron chi connectivity index (χ2n) is 4.26. The van der Waals surface area contributed by atoms with E-state index in [2.05, 4.69) is 17.3 Å². The van der Waals surface area contributed by atoms with Crippen LogP contribution in [0, 0.1) is 0 Å². The minimum absolute atomic E-state index is 0.719. The van der Waals surface area contributed by atoms with Crippen LogP contribution in [0.2, 0.25) is 0 Å². The van der Waals surface area contributed by atoms with Crippen molar-refractivity contribution in [1.29, 1.82) is 0 Å². The van der Waals surface area contributed by atoms with Crippen molar-refractivity contribution in [3.63, 3.8) is 0 Å². The summed E-state index contributed by atoms with van der Waals surface area (Å²) in [7, 11) is 3.97. The van der Waals surface area contributed by atoms with Crippen LogP contribution in [0.25, 0.3) is 0 Å². The molecule has 1 aliphatic heterocycles. The average Bonchev–Trinajstić information content (AvgIpc) is 2.18. The zero-order chi connectivity index (χ0) is 10.2. The highest BCUT2D eigenvalue weighted by Gasteiger charge is 2.15. The number of methoxy groups -OCH3 is 1. The van der Waals surface area contributed by atoms with E-state index in [9.17, 15) is 0 Å². The van der Waals surface area contributed by atoms with E-state index in [0.717, 1.165) is 19.2 Å². The van der Waals surface area contributed by atoms with E-state index in [1.54, 1.807) is 7.11 Å². The van der Waals surface area contributed by atoms with E-state index in [1.807, 2.05) is 0 Å². The van der Waals surface area contributed by atoms with E-state index in [-0.39, 0.29) is 0 Å². The monoisotopic (exact) mass is 200 g/mol. The minimum Gasteiger partial charge on any atom is -0.385 e. The van der Waals surface area contributed by atoms with Crippen LogP contribution in [-0.2, 0) is 4.74 Å². The second kappa shape index (κ2) is 7.21. The molecule has 84 valence electrons. The van der Waals surface area contributed by atoms with Crippen molar-refractivity contribution < 1.29 is 4.74 Å². The molecule has 0 amide bonds. The van der Waals surface area contributed by atoms with Crippen molar-refractivity contribution in [2.45, 2.75) is 31.7 Å². The third kappa shape index (κ3) is 4.94. The number of nitrogens with one attached hydrogen (secondary N) is 1. The lowest BCUT2D eigenvalue weighted by molar-refractivity contribution is 0.189. The largest absolute Gasteiger partial charge is 0.385 e. The number of piperidine rings is 1. The maximum Gasteiger partial charge on any atom is 0.0462 e. The number of likely N-dealkylation sites (tertiary alicyclic amines) is 1. The molecular weight excluding hydrogens is 176 g/mol. The predicted octanol–water partition coefficient (Wildman–Crippen LogP) is 1.10. The maximum absolute atomic E-state index is 5.01. The molecule has 0 aromatic rings. The standard InChI is InChI=1S/C11H24N2O/c1-13-8-5-6-11(10-13)12-7-3-4-9-14-2/h11-12H,3-10H2,1-2H3. The van der Waals surface area contributed by atoms with Gasteiger partial charge in [0.15, 0.2) is 0 Å². The topological polar surface area (TPSA) is 24.5 Å². The summed E-state index contributed by atoms with van der Waals surface area (Å²) in [5, 5.41) is 3.61. The Bertz CT molecular complexity index is 141. The van der Waals surface area contributed by atoms with Gasteiger partial charge in [-0.05, 0) is 45.8 Å². The fourth-order valence-electron chi connectivity index (χ4n) is 2.01. The van der Waals surface area contributed by atoms with Gasteiger partial charge in [0, 0.05) is 26.3 Å². The molecule has 0 aliphatic carbocycles. The van der Waals surface area contributed by atoms with Crippen LogP contribution >= 0.6 is 0 Å². The van der Waals surface area contributed by atoms with Gasteiger partial charge >= 0.3 is 0 Å². The number of likely N-dealkylation sites (N-methyl/N-ethyl adjacent to an activating group) is 1. The zero-order valence-electron chi connectivity index (χ0n) is 9.59. The van der Waals surface area contributed by atoms with Crippen LogP contribution in [0.5, 0.6) is 0 Å². The Balaban J connectivity index is 1.95. The van der Waals surface area contributed by atoms with Crippen molar-refractivity contribution in [3.05, 3.63) is 0 Å². The first-order valence-electron chi connectivity index (χ1n) is 5.74. The Labute approximate surface area is 87.8 Å². The summed E-state index contributed by atoms with van der Waals surface area (Å²) >= 11 is 0. The SMILES string of the molecule is COCCCCNC1CCCN(C)C1. The van der Waals surface area contributed by atoms with Gasteiger partial charge in [0.05, 0.1) is 0 Å². The molecule has 0 aromatic carbocycles. The van der Waals surface area contributed by atoms with Gasteiger partial charge < -0.3 is 15.0 Å². The molecule has 0 radical (unpaired) electrons. The summed E-state index contributed by atoms with van der Waals surface area (Å²) in [6.07, 6.45) is 5.08. The Hall–Kier alpha value is -0.120. The summed E-state index contributed by atoms with van der Waals surface area (Å²) in [5.74, 6) is 0. The molecule has 3 nitrogen and oxygen atoms in total. The first kappa shape index (κ1) is 12.0. The van der Waals surface area contributed by atoms with Gasteiger partial charge in [-0.3, -0.25) is 0 Å². The van der Waals surface area contributed by atoms with Crippen molar-refractivity contribution in [3.8, 4) is 0 Å². The number of nitrogens with zero attached hydrogens (tertiary/aromatic N) is 1. The second-order valence-corrected chi connectivity index (χ2v) is 4.26. The Morgan fingerprint density at radius 3 is 3.00 bits per heavy atom. The molecule has 1 unspecified atom stereocenters. The molecule has 0 bridgehead atoms. The van der Waals surface area contributed by atoms with E-state index in [4.69, 9.17) is 4.74 Å². The lowest BCUT2D eigenvalue weighted by atomic mass is 10.1. The van der Waals surface area contributed by atoms with E-state index < -0.39 is 0 Å². The molecule has 1 atom stereocenters. The number of rotatable bonds is 6. The van der Waals surface area contributed by atoms with Crippen LogP contribution in [0.15, 0.2) is 0 Å². The fourth-order valence-corrected chi connectivity index (χ4v) is 2.01. The lowest BCUT2D eigenvalue weighted by Gasteiger charge is -2.30. The quantitative estimate of drug-likeness (QED) is 0.650. The Kier molecular flexibility index (Phi) is 6.15. The minimum atomic E-state index is 0.719. The first-order chi connectivity index (χ1) is 6.83. The van der Waals surface area contributed by atoms with Crippen LogP contribution in [-0.4, -0.2) is 51.3 Å². The third-order valence-corrected chi connectivity index (χ3v) is 2.83. The number of unbranched alkanes of at least 4 members (excludes halogenated alkanes) is 1. The molecule has 0 aromatic heterocycles. The molecule has 1 heterocycles. The Morgan fingerprint density at radius 1 is 1.43 bits per heavy atom. The zero-order valence-corrected chi connectivity index (χ0v) is 9.59. The van der Waals surface area contributed by atoms with Crippen LogP contribution in [0.1, 0.15) is 25.7 Å². The van der Waals surface area contributed by atoms with Gasteiger partial charge in [-0.1, -0.05) is 0 Å². The van der Waals surface area contributed by atoms with Crippen LogP contribution in [0.4, 0.5) is 0 Å². The maximum atomic E-state index is 5.01. The van der Waals surface area contributed by atoms with E-state index in [0.29, 0.717) is 0 Å². The summed E-state index contributed by atoms with van der Waals surface area (Å²) < 4.78 is 5.01. The molecule has 1 rings (SSSR count). The van der Waals surface area contributed by atoms with Gasteiger partial charge in [0.1, 0.15) is 0 Å². The summed E-state index contributed by atoms with van der Waals surface area (Å²) in [4.78, 5) is 2.41. The van der Waals surface area contributed by atoms with Gasteiger partial charge in [-0.25, -0.2) is 0 Å². The molecule has 14 heavy (non-hydrogen) atoms. The van der Waals surface area contributed by atoms with Crippen LogP contribution < -0.4 is 5.32 Å². The molecule has 1 fully saturated rings. The number of ether oxygens (including phenoxy) is 1. The van der Waals surface area contributed by atoms with Crippen LogP contribution in [0.3, 0.4) is 0 Å². The molecule has 0 saturated carbocycles. The van der Waals surface area contributed by atoms with E-state index >= 15 is 0 Å². The van der Waals surface area contributed by atoms with E-state index in [1.165, 1.54) is 38.8 Å². The van der Waals surface area contributed by atoms with Gasteiger partial charge in [0.25, 0.3) is 0 Å². The molecule has 1 aliphatic rings. The predicted molar refractivity (Wildman–Crippen MR) is 59.6 cm³/mol. The highest BCUT2D eigenvalue weighted by Crippen LogP contribution is 2.07. The molecule has 0 spiro atoms. The van der Waals surface area contributed by atoms with Crippen molar-refractivity contribution in [1.82, 2.24) is 10.2 Å². The highest BCUT2D eigenvalue weighted by atomic mass is 16.5. The number of hydrogen-bond acceptors (Lipinski definition) is 3. The summed E-state index contributed by atoms with van der Waals surface area (Å²) in [5.41, 5.74) is 0. The molecule has 1 N–H and O–H groups in total. The van der Waals surface area contributed by atoms with Crippen molar-refractivity contribution in [2.24, 2.45) is 0 Å². The average molecular weight is 200 g/mol. The summed E-state index contributed by atoms with van der Waals surface area (Å²) in [6, 6.07) is 0.719. The number of hydrogen-bond donors (Lipinski definition) is 1. The normalized spacial score (nSPS) is 24.0. The van der Waals surface area contributed by atoms with Gasteiger partial charge in [-0.2, -0.15) is 0 Å². The Morgan fingerprint density at radius 2 is 2.29 bits per heavy atom.